The van der Waals surface area contributed by atoms with Crippen molar-refractivity contribution in [3.8, 4) is 0 Å². The largest absolute Gasteiger partial charge is 0.465 e. The van der Waals surface area contributed by atoms with Crippen LogP contribution < -0.4 is 11.5 Å². The van der Waals surface area contributed by atoms with Crippen molar-refractivity contribution in [3.05, 3.63) is 58.7 Å². The molecule has 8 nitrogen and oxygen atoms in total. The fourth-order valence-corrected chi connectivity index (χ4v) is 3.96. The van der Waals surface area contributed by atoms with Crippen molar-refractivity contribution < 1.29 is 19.1 Å². The second-order valence-electron chi connectivity index (χ2n) is 7.48. The molecule has 0 saturated carbocycles. The van der Waals surface area contributed by atoms with Gasteiger partial charge in [0.2, 0.25) is 0 Å². The lowest BCUT2D eigenvalue weighted by molar-refractivity contribution is 0.100. The SMILES string of the molecule is Cc1c(C(=O)N=C(N)N)cc(C2CCN(C(=O)O)CC2)n1CCc1ccc(F)cc1. The zero-order valence-electron chi connectivity index (χ0n) is 16.8. The Labute approximate surface area is 174 Å². The third-order valence-electron chi connectivity index (χ3n) is 5.58. The van der Waals surface area contributed by atoms with Crippen molar-refractivity contribution in [2.75, 3.05) is 13.1 Å². The molecule has 1 aliphatic rings. The van der Waals surface area contributed by atoms with E-state index in [0.717, 1.165) is 17.0 Å². The first-order valence-corrected chi connectivity index (χ1v) is 9.82. The molecule has 1 saturated heterocycles. The van der Waals surface area contributed by atoms with Gasteiger partial charge >= 0.3 is 6.09 Å². The lowest BCUT2D eigenvalue weighted by Gasteiger charge is -2.31. The van der Waals surface area contributed by atoms with Crippen LogP contribution in [0.15, 0.2) is 35.3 Å². The Morgan fingerprint density at radius 1 is 1.20 bits per heavy atom. The Kier molecular flexibility index (Phi) is 6.39. The number of aromatic nitrogens is 1. The van der Waals surface area contributed by atoms with E-state index in [-0.39, 0.29) is 17.7 Å². The highest BCUT2D eigenvalue weighted by atomic mass is 19.1. The zero-order valence-corrected chi connectivity index (χ0v) is 16.8. The number of nitrogens with zero attached hydrogens (tertiary/aromatic N) is 3. The third kappa shape index (κ3) is 4.79. The molecule has 30 heavy (non-hydrogen) atoms. The molecule has 0 radical (unpaired) electrons. The van der Waals surface area contributed by atoms with Gasteiger partial charge in [0.15, 0.2) is 5.96 Å². The standard InChI is InChI=1S/C21H26FN5O3/c1-13-17(19(28)25-20(23)24)12-18(15-7-9-26(10-8-15)21(29)30)27(13)11-6-14-2-4-16(22)5-3-14/h2-5,12,15H,6-11H2,1H3,(H,29,30)(H4,23,24,25,28). The predicted molar refractivity (Wildman–Crippen MR) is 111 cm³/mol. The maximum Gasteiger partial charge on any atom is 0.407 e. The van der Waals surface area contributed by atoms with Crippen LogP contribution in [0.4, 0.5) is 9.18 Å². The van der Waals surface area contributed by atoms with E-state index in [2.05, 4.69) is 9.56 Å². The van der Waals surface area contributed by atoms with Gasteiger partial charge in [-0.15, -0.1) is 0 Å². The average molecular weight is 415 g/mol. The number of aliphatic imine (C=N–C) groups is 1. The number of piperidine rings is 1. The van der Waals surface area contributed by atoms with Gasteiger partial charge in [0.25, 0.3) is 5.91 Å². The van der Waals surface area contributed by atoms with E-state index in [0.29, 0.717) is 44.5 Å². The molecule has 0 aliphatic carbocycles. The first-order chi connectivity index (χ1) is 14.3. The predicted octanol–water partition coefficient (Wildman–Crippen LogP) is 2.45. The zero-order chi connectivity index (χ0) is 21.8. The van der Waals surface area contributed by atoms with Crippen LogP contribution in [0, 0.1) is 12.7 Å². The van der Waals surface area contributed by atoms with Crippen LogP contribution in [-0.4, -0.2) is 45.6 Å². The van der Waals surface area contributed by atoms with Gasteiger partial charge in [-0.05, 0) is 49.9 Å². The summed E-state index contributed by atoms with van der Waals surface area (Å²) in [6, 6.07) is 8.15. The van der Waals surface area contributed by atoms with E-state index in [9.17, 15) is 19.1 Å². The molecule has 1 aromatic carbocycles. The van der Waals surface area contributed by atoms with E-state index >= 15 is 0 Å². The number of carboxylic acid groups (broad SMARTS) is 1. The molecule has 1 aliphatic heterocycles. The lowest BCUT2D eigenvalue weighted by atomic mass is 9.93. The minimum Gasteiger partial charge on any atom is -0.465 e. The molecule has 9 heteroatoms. The molecule has 0 spiro atoms. The van der Waals surface area contributed by atoms with Crippen molar-refractivity contribution in [2.45, 2.75) is 38.6 Å². The van der Waals surface area contributed by atoms with E-state index < -0.39 is 12.0 Å². The number of carbonyl (C=O) groups is 2. The average Bonchev–Trinajstić information content (AvgIpc) is 3.03. The van der Waals surface area contributed by atoms with Crippen molar-refractivity contribution in [1.29, 1.82) is 0 Å². The number of hydrogen-bond donors (Lipinski definition) is 3. The van der Waals surface area contributed by atoms with Crippen LogP contribution >= 0.6 is 0 Å². The lowest BCUT2D eigenvalue weighted by Crippen LogP contribution is -2.37. The molecule has 1 fully saturated rings. The van der Waals surface area contributed by atoms with Gasteiger partial charge in [0.05, 0.1) is 5.56 Å². The Hall–Kier alpha value is -3.36. The number of hydrogen-bond acceptors (Lipinski definition) is 2. The maximum atomic E-state index is 13.2. The molecule has 3 rings (SSSR count). The van der Waals surface area contributed by atoms with Crippen molar-refractivity contribution in [2.24, 2.45) is 16.5 Å². The molecular formula is C21H26FN5O3. The minimum atomic E-state index is -0.917. The van der Waals surface area contributed by atoms with Crippen LogP contribution in [0.5, 0.6) is 0 Å². The van der Waals surface area contributed by atoms with Gasteiger partial charge in [0, 0.05) is 36.9 Å². The minimum absolute atomic E-state index is 0.119. The summed E-state index contributed by atoms with van der Waals surface area (Å²) < 4.78 is 15.3. The number of carbonyl (C=O) groups excluding carboxylic acids is 1. The van der Waals surface area contributed by atoms with Crippen molar-refractivity contribution in [1.82, 2.24) is 9.47 Å². The number of aryl methyl sites for hydroxylation is 1. The Bertz CT molecular complexity index is 956. The molecule has 2 amide bonds. The first-order valence-electron chi connectivity index (χ1n) is 9.82. The summed E-state index contributed by atoms with van der Waals surface area (Å²) in [5, 5.41) is 9.20. The molecule has 5 N–H and O–H groups in total. The quantitative estimate of drug-likeness (QED) is 0.511. The van der Waals surface area contributed by atoms with Gasteiger partial charge in [-0.1, -0.05) is 12.1 Å². The normalized spacial score (nSPS) is 14.5. The van der Waals surface area contributed by atoms with Crippen molar-refractivity contribution in [3.63, 3.8) is 0 Å². The summed E-state index contributed by atoms with van der Waals surface area (Å²) in [7, 11) is 0. The molecular weight excluding hydrogens is 389 g/mol. The highest BCUT2D eigenvalue weighted by Gasteiger charge is 2.28. The Balaban J connectivity index is 1.89. The summed E-state index contributed by atoms with van der Waals surface area (Å²) >= 11 is 0. The van der Waals surface area contributed by atoms with Crippen LogP contribution in [-0.2, 0) is 13.0 Å². The van der Waals surface area contributed by atoms with Gasteiger partial charge in [-0.3, -0.25) is 4.79 Å². The second-order valence-corrected chi connectivity index (χ2v) is 7.48. The van der Waals surface area contributed by atoms with Gasteiger partial charge < -0.3 is 26.0 Å². The number of amides is 2. The summed E-state index contributed by atoms with van der Waals surface area (Å²) in [6.07, 6.45) is 1.08. The van der Waals surface area contributed by atoms with Crippen LogP contribution in [0.1, 0.15) is 46.1 Å². The van der Waals surface area contributed by atoms with E-state index in [4.69, 9.17) is 11.5 Å². The van der Waals surface area contributed by atoms with Crippen LogP contribution in [0.25, 0.3) is 0 Å². The highest BCUT2D eigenvalue weighted by molar-refractivity contribution is 6.02. The van der Waals surface area contributed by atoms with E-state index in [1.54, 1.807) is 12.1 Å². The van der Waals surface area contributed by atoms with Crippen molar-refractivity contribution >= 4 is 18.0 Å². The summed E-state index contributed by atoms with van der Waals surface area (Å²) in [5.74, 6) is -0.966. The monoisotopic (exact) mass is 415 g/mol. The molecule has 0 unspecified atom stereocenters. The number of guanidine groups is 1. The number of rotatable bonds is 5. The summed E-state index contributed by atoms with van der Waals surface area (Å²) in [6.45, 7) is 3.33. The fourth-order valence-electron chi connectivity index (χ4n) is 3.96. The van der Waals surface area contributed by atoms with Gasteiger partial charge in [-0.2, -0.15) is 4.99 Å². The summed E-state index contributed by atoms with van der Waals surface area (Å²) in [5.41, 5.74) is 13.9. The number of benzene rings is 1. The Morgan fingerprint density at radius 2 is 1.83 bits per heavy atom. The van der Waals surface area contributed by atoms with E-state index in [1.807, 2.05) is 13.0 Å². The molecule has 1 aromatic heterocycles. The van der Waals surface area contributed by atoms with Gasteiger partial charge in [0.1, 0.15) is 5.82 Å². The van der Waals surface area contributed by atoms with Crippen LogP contribution in [0.3, 0.4) is 0 Å². The highest BCUT2D eigenvalue weighted by Crippen LogP contribution is 2.32. The Morgan fingerprint density at radius 3 is 2.40 bits per heavy atom. The molecule has 160 valence electrons. The molecule has 0 bridgehead atoms. The van der Waals surface area contributed by atoms with Gasteiger partial charge in [-0.25, -0.2) is 9.18 Å². The smallest absolute Gasteiger partial charge is 0.407 e. The number of halogens is 1. The number of nitrogens with two attached hydrogens (primary N) is 2. The second kappa shape index (κ2) is 8.98. The topological polar surface area (TPSA) is 127 Å². The third-order valence-corrected chi connectivity index (χ3v) is 5.58. The molecule has 2 aromatic rings. The molecule has 2 heterocycles. The summed E-state index contributed by atoms with van der Waals surface area (Å²) in [4.78, 5) is 28.8. The maximum absolute atomic E-state index is 13.2. The first kappa shape index (κ1) is 21.4. The molecule has 0 atom stereocenters. The van der Waals surface area contributed by atoms with Crippen LogP contribution in [0.2, 0.25) is 0 Å². The van der Waals surface area contributed by atoms with E-state index in [1.165, 1.54) is 17.0 Å². The fraction of sp³-hybridized carbons (Fsp3) is 0.381. The number of likely N-dealkylation sites (tertiary alicyclic amines) is 1.